The smallest absolute Gasteiger partial charge is 0.357 e. The van der Waals surface area contributed by atoms with Gasteiger partial charge in [-0.05, 0) is 13.8 Å². The van der Waals surface area contributed by atoms with Crippen LogP contribution in [-0.2, 0) is 10.0 Å². The molecule has 0 spiro atoms. The summed E-state index contributed by atoms with van der Waals surface area (Å²) in [4.78, 5) is 10.6. The normalized spacial score (nSPS) is 13.2. The van der Waals surface area contributed by atoms with Crippen LogP contribution in [0.3, 0.4) is 0 Å². The summed E-state index contributed by atoms with van der Waals surface area (Å²) in [5.41, 5.74) is -0.401. The molecule has 1 unspecified atom stereocenters. The molecule has 0 fully saturated rings. The number of sulfonamides is 1. The zero-order valence-electron chi connectivity index (χ0n) is 10.7. The Morgan fingerprint density at radius 2 is 2.21 bits per heavy atom. The number of carboxylic acid groups (broad SMARTS) is 1. The first-order chi connectivity index (χ1) is 8.73. The topological polar surface area (TPSA) is 127 Å². The minimum atomic E-state index is -4.02. The van der Waals surface area contributed by atoms with Gasteiger partial charge in [-0.15, -0.1) is 0 Å². The molecule has 1 atom stereocenters. The lowest BCUT2D eigenvalue weighted by atomic mass is 10.3. The Labute approximate surface area is 110 Å². The lowest BCUT2D eigenvalue weighted by Crippen LogP contribution is -2.35. The van der Waals surface area contributed by atoms with Crippen LogP contribution in [0.15, 0.2) is 4.90 Å². The molecular formula is C10H14N4O4S. The molecule has 0 saturated carbocycles. The molecule has 0 saturated heterocycles. The first-order valence-electron chi connectivity index (χ1n) is 5.36. The highest BCUT2D eigenvalue weighted by molar-refractivity contribution is 7.89. The van der Waals surface area contributed by atoms with Crippen LogP contribution in [0.4, 0.5) is 0 Å². The molecule has 0 aromatic carbocycles. The third-order valence-electron chi connectivity index (χ3n) is 2.74. The number of aromatic nitrogens is 2. The van der Waals surface area contributed by atoms with Crippen molar-refractivity contribution in [1.82, 2.24) is 14.5 Å². The molecule has 0 amide bonds. The molecule has 0 aliphatic carbocycles. The third-order valence-corrected chi connectivity index (χ3v) is 4.87. The van der Waals surface area contributed by atoms with Crippen molar-refractivity contribution in [3.63, 3.8) is 0 Å². The summed E-state index contributed by atoms with van der Waals surface area (Å²) in [6, 6.07) is 1.31. The van der Waals surface area contributed by atoms with Gasteiger partial charge in [-0.2, -0.15) is 14.7 Å². The van der Waals surface area contributed by atoms with E-state index in [-0.39, 0.29) is 17.0 Å². The highest BCUT2D eigenvalue weighted by Gasteiger charge is 2.33. The van der Waals surface area contributed by atoms with E-state index >= 15 is 0 Å². The van der Waals surface area contributed by atoms with Crippen LogP contribution in [-0.4, -0.2) is 47.1 Å². The van der Waals surface area contributed by atoms with Crippen LogP contribution in [0, 0.1) is 18.3 Å². The Morgan fingerprint density at radius 3 is 2.68 bits per heavy atom. The molecule has 1 aromatic rings. The summed E-state index contributed by atoms with van der Waals surface area (Å²) in [5, 5.41) is 23.4. The number of nitriles is 1. The van der Waals surface area contributed by atoms with Crippen molar-refractivity contribution in [1.29, 1.82) is 5.26 Å². The molecule has 0 bridgehead atoms. The van der Waals surface area contributed by atoms with Gasteiger partial charge in [0.1, 0.15) is 4.90 Å². The molecule has 1 aromatic heterocycles. The minimum Gasteiger partial charge on any atom is -0.476 e. The number of aromatic carboxylic acids is 1. The summed E-state index contributed by atoms with van der Waals surface area (Å²) in [6.07, 6.45) is 0.00896. The number of nitrogens with one attached hydrogen (secondary N) is 1. The van der Waals surface area contributed by atoms with E-state index in [1.807, 2.05) is 6.07 Å². The summed E-state index contributed by atoms with van der Waals surface area (Å²) in [7, 11) is -2.71. The fraction of sp³-hybridized carbons (Fsp3) is 0.500. The molecule has 0 aliphatic rings. The minimum absolute atomic E-state index is 0.00896. The first-order valence-corrected chi connectivity index (χ1v) is 6.80. The number of carbonyl (C=O) groups is 1. The number of H-pyrrole nitrogens is 1. The van der Waals surface area contributed by atoms with Crippen LogP contribution in [0.1, 0.15) is 29.5 Å². The van der Waals surface area contributed by atoms with Gasteiger partial charge in [0, 0.05) is 13.1 Å². The van der Waals surface area contributed by atoms with E-state index in [0.29, 0.717) is 0 Å². The second-order valence-corrected chi connectivity index (χ2v) is 6.00. The van der Waals surface area contributed by atoms with Crippen LogP contribution in [0.5, 0.6) is 0 Å². The van der Waals surface area contributed by atoms with Gasteiger partial charge < -0.3 is 5.11 Å². The maximum atomic E-state index is 12.3. The second kappa shape index (κ2) is 5.38. The van der Waals surface area contributed by atoms with E-state index in [1.54, 1.807) is 6.92 Å². The first kappa shape index (κ1) is 15.1. The predicted octanol–water partition coefficient (Wildman–Crippen LogP) is 0.339. The third kappa shape index (κ3) is 2.74. The van der Waals surface area contributed by atoms with Crippen molar-refractivity contribution in [2.75, 3.05) is 7.05 Å². The van der Waals surface area contributed by atoms with Gasteiger partial charge in [0.2, 0.25) is 10.0 Å². The van der Waals surface area contributed by atoms with Gasteiger partial charge in [0.05, 0.1) is 18.2 Å². The Balaban J connectivity index is 3.32. The quantitative estimate of drug-likeness (QED) is 0.803. The Bertz CT molecular complexity index is 628. The van der Waals surface area contributed by atoms with Crippen molar-refractivity contribution in [3.05, 3.63) is 11.4 Å². The molecule has 0 radical (unpaired) electrons. The Kier molecular flexibility index (Phi) is 4.28. The molecule has 8 nitrogen and oxygen atoms in total. The fourth-order valence-electron chi connectivity index (χ4n) is 1.52. The molecule has 104 valence electrons. The summed E-state index contributed by atoms with van der Waals surface area (Å²) in [6.45, 7) is 2.99. The van der Waals surface area contributed by atoms with Crippen LogP contribution < -0.4 is 0 Å². The van der Waals surface area contributed by atoms with E-state index in [2.05, 4.69) is 10.2 Å². The molecular weight excluding hydrogens is 272 g/mol. The largest absolute Gasteiger partial charge is 0.476 e. The van der Waals surface area contributed by atoms with E-state index < -0.39 is 27.7 Å². The number of hydrogen-bond donors (Lipinski definition) is 2. The van der Waals surface area contributed by atoms with Crippen LogP contribution in [0.2, 0.25) is 0 Å². The number of nitrogens with zero attached hydrogens (tertiary/aromatic N) is 3. The van der Waals surface area contributed by atoms with Crippen molar-refractivity contribution in [2.24, 2.45) is 0 Å². The van der Waals surface area contributed by atoms with Crippen molar-refractivity contribution >= 4 is 16.0 Å². The van der Waals surface area contributed by atoms with E-state index in [1.165, 1.54) is 14.0 Å². The lowest BCUT2D eigenvalue weighted by Gasteiger charge is -2.22. The zero-order valence-corrected chi connectivity index (χ0v) is 11.5. The van der Waals surface area contributed by atoms with Gasteiger partial charge in [-0.25, -0.2) is 13.2 Å². The number of hydrogen-bond acceptors (Lipinski definition) is 5. The fourth-order valence-corrected chi connectivity index (χ4v) is 3.17. The number of carboxylic acids is 1. The molecule has 9 heteroatoms. The van der Waals surface area contributed by atoms with Crippen molar-refractivity contribution < 1.29 is 18.3 Å². The highest BCUT2D eigenvalue weighted by atomic mass is 32.2. The predicted molar refractivity (Wildman–Crippen MR) is 64.9 cm³/mol. The second-order valence-electron chi connectivity index (χ2n) is 4.06. The molecule has 1 heterocycles. The number of aromatic amines is 1. The van der Waals surface area contributed by atoms with Crippen LogP contribution in [0.25, 0.3) is 0 Å². The van der Waals surface area contributed by atoms with Gasteiger partial charge in [-0.3, -0.25) is 5.10 Å². The SMILES string of the molecule is Cc1[nH]nc(C(=O)O)c1S(=O)(=O)N(C)C(C)CC#N. The summed E-state index contributed by atoms with van der Waals surface area (Å²) >= 11 is 0. The number of rotatable bonds is 5. The maximum Gasteiger partial charge on any atom is 0.357 e. The monoisotopic (exact) mass is 286 g/mol. The lowest BCUT2D eigenvalue weighted by molar-refractivity contribution is 0.0686. The maximum absolute atomic E-state index is 12.3. The Morgan fingerprint density at radius 1 is 1.63 bits per heavy atom. The van der Waals surface area contributed by atoms with Crippen molar-refractivity contribution in [3.8, 4) is 6.07 Å². The number of aryl methyl sites for hydroxylation is 1. The van der Waals surface area contributed by atoms with E-state index in [9.17, 15) is 13.2 Å². The van der Waals surface area contributed by atoms with E-state index in [4.69, 9.17) is 10.4 Å². The summed E-state index contributed by atoms with van der Waals surface area (Å²) < 4.78 is 25.7. The van der Waals surface area contributed by atoms with Gasteiger partial charge in [0.15, 0.2) is 5.69 Å². The molecule has 0 aliphatic heterocycles. The highest BCUT2D eigenvalue weighted by Crippen LogP contribution is 2.23. The average Bonchev–Trinajstić information content (AvgIpc) is 2.71. The van der Waals surface area contributed by atoms with Crippen molar-refractivity contribution in [2.45, 2.75) is 31.2 Å². The zero-order chi connectivity index (χ0) is 14.8. The van der Waals surface area contributed by atoms with Crippen LogP contribution >= 0.6 is 0 Å². The Hall–Kier alpha value is -1.92. The summed E-state index contributed by atoms with van der Waals surface area (Å²) in [5.74, 6) is -1.43. The molecule has 19 heavy (non-hydrogen) atoms. The molecule has 2 N–H and O–H groups in total. The van der Waals surface area contributed by atoms with E-state index in [0.717, 1.165) is 4.31 Å². The van der Waals surface area contributed by atoms with Gasteiger partial charge in [-0.1, -0.05) is 0 Å². The standard InChI is InChI=1S/C10H14N4O4S/c1-6(4-5-11)14(3)19(17,18)9-7(2)12-13-8(9)10(15)16/h6H,4H2,1-3H3,(H,12,13)(H,15,16). The average molecular weight is 286 g/mol. The van der Waals surface area contributed by atoms with Gasteiger partial charge >= 0.3 is 5.97 Å². The molecule has 1 rings (SSSR count). The van der Waals surface area contributed by atoms with Gasteiger partial charge in [0.25, 0.3) is 0 Å².